The fourth-order valence-electron chi connectivity index (χ4n) is 4.94. The maximum Gasteiger partial charge on any atom is 0.318 e. The lowest BCUT2D eigenvalue weighted by molar-refractivity contribution is 0.120. The van der Waals surface area contributed by atoms with Gasteiger partial charge in [0.2, 0.25) is 10.0 Å². The highest BCUT2D eigenvalue weighted by Crippen LogP contribution is 2.37. The lowest BCUT2D eigenvalue weighted by Crippen LogP contribution is -2.58. The summed E-state index contributed by atoms with van der Waals surface area (Å²) in [7, 11) is -3.30. The number of nitrogens with one attached hydrogen (secondary N) is 2. The number of hydrogen-bond acceptors (Lipinski definition) is 5. The summed E-state index contributed by atoms with van der Waals surface area (Å²) < 4.78 is 39.1. The molecule has 0 aliphatic carbocycles. The summed E-state index contributed by atoms with van der Waals surface area (Å²) >= 11 is 1.68. The van der Waals surface area contributed by atoms with Gasteiger partial charge in [0.05, 0.1) is 17.8 Å². The standard InChI is InChI=1S/C28H35FN4O3S2/c1-19(30)25-13-14-26(37-25)22-7-5-21(6-8-22)20(2)33-18-16-28(32-27(33)34,15-4-17-31-38(3,35)36)23-9-11-24(29)12-10-23/h5-14,19-20,31H,4,15-18,30H2,1-3H3,(H,32,34). The molecule has 38 heavy (non-hydrogen) atoms. The van der Waals surface area contributed by atoms with Crippen molar-refractivity contribution in [2.45, 2.75) is 50.7 Å². The molecule has 204 valence electrons. The van der Waals surface area contributed by atoms with Gasteiger partial charge in [0, 0.05) is 28.9 Å². The van der Waals surface area contributed by atoms with Crippen LogP contribution in [0.2, 0.25) is 0 Å². The number of amides is 2. The average Bonchev–Trinajstić information content (AvgIpc) is 3.37. The highest BCUT2D eigenvalue weighted by Gasteiger charge is 2.40. The number of nitrogens with zero attached hydrogens (tertiary/aromatic N) is 1. The summed E-state index contributed by atoms with van der Waals surface area (Å²) in [6.07, 6.45) is 2.78. The molecule has 1 fully saturated rings. The smallest absolute Gasteiger partial charge is 0.318 e. The molecule has 0 saturated carbocycles. The SMILES string of the molecule is CC(N)c1ccc(-c2ccc(C(C)N3CCC(CCCNS(C)(=O)=O)(c4ccc(F)cc4)NC3=O)cc2)s1. The van der Waals surface area contributed by atoms with E-state index in [0.29, 0.717) is 25.8 Å². The summed E-state index contributed by atoms with van der Waals surface area (Å²) in [5.74, 6) is -0.347. The molecule has 0 spiro atoms. The van der Waals surface area contributed by atoms with Crippen LogP contribution in [0.4, 0.5) is 9.18 Å². The maximum absolute atomic E-state index is 13.6. The van der Waals surface area contributed by atoms with Crippen molar-refractivity contribution in [3.63, 3.8) is 0 Å². The van der Waals surface area contributed by atoms with Crippen LogP contribution in [0, 0.1) is 5.82 Å². The van der Waals surface area contributed by atoms with Gasteiger partial charge in [0.1, 0.15) is 5.82 Å². The fourth-order valence-corrected chi connectivity index (χ4v) is 6.43. The number of rotatable bonds is 10. The third-order valence-electron chi connectivity index (χ3n) is 7.15. The molecule has 1 aromatic heterocycles. The maximum atomic E-state index is 13.6. The van der Waals surface area contributed by atoms with Gasteiger partial charge in [-0.15, -0.1) is 11.3 Å². The summed E-state index contributed by atoms with van der Waals surface area (Å²) in [6, 6.07) is 18.2. The zero-order valence-electron chi connectivity index (χ0n) is 21.9. The molecule has 1 aliphatic rings. The molecule has 0 radical (unpaired) electrons. The first-order chi connectivity index (χ1) is 18.0. The molecule has 7 nitrogen and oxygen atoms in total. The highest BCUT2D eigenvalue weighted by atomic mass is 32.2. The third-order valence-corrected chi connectivity index (χ3v) is 9.21. The van der Waals surface area contributed by atoms with Crippen molar-refractivity contribution in [3.8, 4) is 10.4 Å². The van der Waals surface area contributed by atoms with Crippen molar-refractivity contribution in [1.29, 1.82) is 0 Å². The Morgan fingerprint density at radius 2 is 1.79 bits per heavy atom. The van der Waals surface area contributed by atoms with Crippen LogP contribution in [0.25, 0.3) is 10.4 Å². The van der Waals surface area contributed by atoms with E-state index in [2.05, 4.69) is 46.4 Å². The van der Waals surface area contributed by atoms with Crippen LogP contribution in [-0.4, -0.2) is 38.7 Å². The Kier molecular flexibility index (Phi) is 8.56. The van der Waals surface area contributed by atoms with E-state index in [9.17, 15) is 17.6 Å². The zero-order chi connectivity index (χ0) is 27.5. The summed E-state index contributed by atoms with van der Waals surface area (Å²) in [5.41, 5.74) is 8.24. The topological polar surface area (TPSA) is 105 Å². The minimum Gasteiger partial charge on any atom is -0.328 e. The predicted molar refractivity (Wildman–Crippen MR) is 151 cm³/mol. The molecule has 2 aromatic carbocycles. The predicted octanol–water partition coefficient (Wildman–Crippen LogP) is 5.28. The van der Waals surface area contributed by atoms with E-state index in [1.807, 2.05) is 18.7 Å². The van der Waals surface area contributed by atoms with Crippen LogP contribution in [0.5, 0.6) is 0 Å². The van der Waals surface area contributed by atoms with E-state index in [4.69, 9.17) is 5.73 Å². The van der Waals surface area contributed by atoms with Crippen molar-refractivity contribution in [2.24, 2.45) is 5.73 Å². The molecule has 0 bridgehead atoms. The number of nitrogens with two attached hydrogens (primary N) is 1. The number of hydrogen-bond donors (Lipinski definition) is 3. The largest absolute Gasteiger partial charge is 0.328 e. The van der Waals surface area contributed by atoms with E-state index < -0.39 is 15.6 Å². The molecule has 1 saturated heterocycles. The molecular weight excluding hydrogens is 523 g/mol. The molecule has 4 N–H and O–H groups in total. The van der Waals surface area contributed by atoms with Crippen LogP contribution in [0.3, 0.4) is 0 Å². The fraction of sp³-hybridized carbons (Fsp3) is 0.393. The van der Waals surface area contributed by atoms with Gasteiger partial charge in [-0.2, -0.15) is 0 Å². The van der Waals surface area contributed by atoms with Gasteiger partial charge in [-0.25, -0.2) is 22.3 Å². The van der Waals surface area contributed by atoms with E-state index in [1.54, 1.807) is 23.5 Å². The van der Waals surface area contributed by atoms with E-state index in [1.165, 1.54) is 12.1 Å². The molecule has 2 heterocycles. The number of urea groups is 1. The summed E-state index contributed by atoms with van der Waals surface area (Å²) in [6.45, 7) is 4.75. The lowest BCUT2D eigenvalue weighted by Gasteiger charge is -2.45. The second-order valence-electron chi connectivity index (χ2n) is 10.0. The van der Waals surface area contributed by atoms with E-state index in [-0.39, 0.29) is 30.5 Å². The Morgan fingerprint density at radius 3 is 2.37 bits per heavy atom. The summed E-state index contributed by atoms with van der Waals surface area (Å²) in [5, 5.41) is 3.19. The van der Waals surface area contributed by atoms with E-state index in [0.717, 1.165) is 32.7 Å². The second kappa shape index (κ2) is 11.5. The number of carbonyl (C=O) groups excluding carboxylic acids is 1. The Balaban J connectivity index is 1.48. The number of thiophene rings is 1. The lowest BCUT2D eigenvalue weighted by atomic mass is 9.80. The van der Waals surface area contributed by atoms with Gasteiger partial charge in [0.25, 0.3) is 0 Å². The molecular formula is C28H35FN4O3S2. The van der Waals surface area contributed by atoms with Gasteiger partial charge in [-0.05, 0) is 74.1 Å². The van der Waals surface area contributed by atoms with Crippen molar-refractivity contribution < 1.29 is 17.6 Å². The average molecular weight is 559 g/mol. The minimum absolute atomic E-state index is 0.00337. The molecule has 10 heteroatoms. The Morgan fingerprint density at radius 1 is 1.11 bits per heavy atom. The molecule has 3 aromatic rings. The van der Waals surface area contributed by atoms with Crippen molar-refractivity contribution in [3.05, 3.63) is 82.5 Å². The first-order valence-electron chi connectivity index (χ1n) is 12.7. The zero-order valence-corrected chi connectivity index (χ0v) is 23.5. The quantitative estimate of drug-likeness (QED) is 0.295. The van der Waals surface area contributed by atoms with Crippen molar-refractivity contribution >= 4 is 27.4 Å². The second-order valence-corrected chi connectivity index (χ2v) is 13.0. The van der Waals surface area contributed by atoms with E-state index >= 15 is 0 Å². The molecule has 2 amide bonds. The van der Waals surface area contributed by atoms with Crippen LogP contribution in [0.15, 0.2) is 60.7 Å². The van der Waals surface area contributed by atoms with Gasteiger partial charge in [-0.3, -0.25) is 0 Å². The molecule has 3 unspecified atom stereocenters. The van der Waals surface area contributed by atoms with Gasteiger partial charge in [-0.1, -0.05) is 36.4 Å². The third kappa shape index (κ3) is 6.61. The van der Waals surface area contributed by atoms with Crippen LogP contribution < -0.4 is 15.8 Å². The Labute approximate surface area is 228 Å². The van der Waals surface area contributed by atoms with Gasteiger partial charge < -0.3 is 16.0 Å². The van der Waals surface area contributed by atoms with Crippen LogP contribution in [0.1, 0.15) is 61.2 Å². The van der Waals surface area contributed by atoms with Gasteiger partial charge in [0.15, 0.2) is 0 Å². The molecule has 1 aliphatic heterocycles. The van der Waals surface area contributed by atoms with Crippen LogP contribution >= 0.6 is 11.3 Å². The first-order valence-corrected chi connectivity index (χ1v) is 15.4. The minimum atomic E-state index is -3.30. The number of halogens is 1. The normalized spacial score (nSPS) is 19.7. The van der Waals surface area contributed by atoms with Crippen molar-refractivity contribution in [2.75, 3.05) is 19.3 Å². The molecule has 3 atom stereocenters. The highest BCUT2D eigenvalue weighted by molar-refractivity contribution is 7.88. The Hall–Kier alpha value is -2.79. The van der Waals surface area contributed by atoms with Gasteiger partial charge >= 0.3 is 6.03 Å². The first kappa shape index (κ1) is 28.2. The number of benzene rings is 2. The number of sulfonamides is 1. The van der Waals surface area contributed by atoms with Crippen molar-refractivity contribution in [1.82, 2.24) is 14.9 Å². The molecule has 4 rings (SSSR count). The monoisotopic (exact) mass is 558 g/mol. The summed E-state index contributed by atoms with van der Waals surface area (Å²) in [4.78, 5) is 17.5. The van der Waals surface area contributed by atoms with Crippen LogP contribution in [-0.2, 0) is 15.6 Å². The number of carbonyl (C=O) groups is 1. The Bertz CT molecular complexity index is 1360.